The van der Waals surface area contributed by atoms with E-state index in [4.69, 9.17) is 0 Å². The van der Waals surface area contributed by atoms with Gasteiger partial charge in [-0.1, -0.05) is 42.5 Å². The maximum atomic E-state index is 12.1. The molecule has 1 heterocycles. The molecule has 0 unspecified atom stereocenters. The van der Waals surface area contributed by atoms with Gasteiger partial charge in [0.2, 0.25) is 6.54 Å². The van der Waals surface area contributed by atoms with E-state index in [1.165, 1.54) is 5.56 Å². The molecule has 1 aromatic heterocycles. The molecule has 3 nitrogen and oxygen atoms in total. The number of nitrogens with one attached hydrogen (secondary N) is 1. The number of hydrogen-bond donors (Lipinski definition) is 1. The highest BCUT2D eigenvalue weighted by molar-refractivity contribution is 5.89. The molecule has 0 spiro atoms. The van der Waals surface area contributed by atoms with E-state index in [1.807, 2.05) is 78.5 Å². The van der Waals surface area contributed by atoms with Crippen LogP contribution < -0.4 is 9.88 Å². The summed E-state index contributed by atoms with van der Waals surface area (Å²) in [5.74, 6) is -0.0342. The summed E-state index contributed by atoms with van der Waals surface area (Å²) in [7, 11) is 0. The number of hydrogen-bond acceptors (Lipinski definition) is 1. The Labute approximate surface area is 136 Å². The van der Waals surface area contributed by atoms with Crippen LogP contribution in [0, 0.1) is 6.92 Å². The molecule has 1 N–H and O–H groups in total. The number of benzene rings is 2. The zero-order chi connectivity index (χ0) is 16.1. The van der Waals surface area contributed by atoms with Crippen LogP contribution in [0.25, 0.3) is 11.1 Å². The molecule has 2 aromatic carbocycles. The van der Waals surface area contributed by atoms with Gasteiger partial charge in [0.15, 0.2) is 12.4 Å². The molecule has 3 heteroatoms. The molecular weight excluding hydrogens is 284 g/mol. The summed E-state index contributed by atoms with van der Waals surface area (Å²) in [6, 6.07) is 22.0. The second-order valence-corrected chi connectivity index (χ2v) is 5.54. The highest BCUT2D eigenvalue weighted by atomic mass is 16.1. The number of carbonyl (C=O) groups excluding carboxylic acids is 1. The minimum absolute atomic E-state index is 0.0342. The maximum Gasteiger partial charge on any atom is 0.290 e. The predicted molar refractivity (Wildman–Crippen MR) is 91.9 cm³/mol. The summed E-state index contributed by atoms with van der Waals surface area (Å²) >= 11 is 0. The van der Waals surface area contributed by atoms with Crippen LogP contribution in [0.2, 0.25) is 0 Å². The third-order valence-electron chi connectivity index (χ3n) is 3.63. The third kappa shape index (κ3) is 4.04. The Hall–Kier alpha value is -2.94. The average Bonchev–Trinajstić information content (AvgIpc) is 2.56. The quantitative estimate of drug-likeness (QED) is 0.734. The molecule has 0 aliphatic carbocycles. The summed E-state index contributed by atoms with van der Waals surface area (Å²) < 4.78 is 1.87. The number of aromatic nitrogens is 1. The zero-order valence-electron chi connectivity index (χ0n) is 13.1. The second-order valence-electron chi connectivity index (χ2n) is 5.54. The first-order valence-corrected chi connectivity index (χ1v) is 7.62. The molecule has 3 rings (SSSR count). The van der Waals surface area contributed by atoms with E-state index in [0.717, 1.165) is 16.8 Å². The molecule has 0 fully saturated rings. The fourth-order valence-corrected chi connectivity index (χ4v) is 2.47. The molecule has 0 radical (unpaired) electrons. The Kier molecular flexibility index (Phi) is 4.48. The smallest absolute Gasteiger partial charge is 0.290 e. The highest BCUT2D eigenvalue weighted by Crippen LogP contribution is 2.16. The number of aryl methyl sites for hydroxylation is 1. The standard InChI is InChI=1S/C20H18N2O/c1-16-6-5-9-19(14-16)21-20(23)15-22-12-10-18(11-13-22)17-7-3-2-4-8-17/h2-14H,15H2,1H3/p+1. The van der Waals surface area contributed by atoms with Crippen molar-refractivity contribution in [3.8, 4) is 11.1 Å². The number of amides is 1. The van der Waals surface area contributed by atoms with E-state index in [1.54, 1.807) is 0 Å². The molecule has 114 valence electrons. The molecular formula is C20H19N2O+. The molecule has 0 saturated heterocycles. The Bertz CT molecular complexity index is 795. The van der Waals surface area contributed by atoms with Crippen molar-refractivity contribution in [2.75, 3.05) is 5.32 Å². The van der Waals surface area contributed by atoms with Gasteiger partial charge in [-0.2, -0.15) is 4.57 Å². The Morgan fingerprint density at radius 2 is 1.61 bits per heavy atom. The lowest BCUT2D eigenvalue weighted by Gasteiger charge is -2.04. The van der Waals surface area contributed by atoms with Crippen LogP contribution in [0.15, 0.2) is 79.1 Å². The molecule has 0 saturated carbocycles. The van der Waals surface area contributed by atoms with E-state index in [9.17, 15) is 4.79 Å². The highest BCUT2D eigenvalue weighted by Gasteiger charge is 2.10. The molecule has 1 amide bonds. The first-order valence-electron chi connectivity index (χ1n) is 7.62. The van der Waals surface area contributed by atoms with Crippen molar-refractivity contribution in [1.29, 1.82) is 0 Å². The van der Waals surface area contributed by atoms with Crippen molar-refractivity contribution in [1.82, 2.24) is 0 Å². The molecule has 0 aliphatic heterocycles. The number of rotatable bonds is 4. The van der Waals surface area contributed by atoms with Crippen LogP contribution in [-0.2, 0) is 11.3 Å². The van der Waals surface area contributed by atoms with Gasteiger partial charge in [-0.25, -0.2) is 0 Å². The molecule has 23 heavy (non-hydrogen) atoms. The summed E-state index contributed by atoms with van der Waals surface area (Å²) in [5, 5.41) is 2.92. The molecule has 0 aliphatic rings. The van der Waals surface area contributed by atoms with Gasteiger partial charge < -0.3 is 5.32 Å². The number of nitrogens with zero attached hydrogens (tertiary/aromatic N) is 1. The SMILES string of the molecule is Cc1cccc(NC(=O)C[n+]2ccc(-c3ccccc3)cc2)c1. The first kappa shape index (κ1) is 15.0. The predicted octanol–water partition coefficient (Wildman–Crippen LogP) is 3.59. The van der Waals surface area contributed by atoms with Gasteiger partial charge >= 0.3 is 0 Å². The number of pyridine rings is 1. The van der Waals surface area contributed by atoms with Crippen LogP contribution in [-0.4, -0.2) is 5.91 Å². The third-order valence-corrected chi connectivity index (χ3v) is 3.63. The Balaban J connectivity index is 1.65. The van der Waals surface area contributed by atoms with Crippen molar-refractivity contribution >= 4 is 11.6 Å². The second kappa shape index (κ2) is 6.88. The van der Waals surface area contributed by atoms with E-state index < -0.39 is 0 Å². The maximum absolute atomic E-state index is 12.1. The minimum Gasteiger partial charge on any atom is -0.321 e. The van der Waals surface area contributed by atoms with Crippen molar-refractivity contribution in [3.05, 3.63) is 84.7 Å². The Morgan fingerprint density at radius 1 is 0.913 bits per heavy atom. The lowest BCUT2D eigenvalue weighted by molar-refractivity contribution is -0.684. The van der Waals surface area contributed by atoms with Crippen LogP contribution in [0.1, 0.15) is 5.56 Å². The molecule has 0 atom stereocenters. The average molecular weight is 303 g/mol. The zero-order valence-corrected chi connectivity index (χ0v) is 13.1. The van der Waals surface area contributed by atoms with Gasteiger partial charge in [0, 0.05) is 17.8 Å². The van der Waals surface area contributed by atoms with Crippen LogP contribution in [0.4, 0.5) is 5.69 Å². The Morgan fingerprint density at radius 3 is 2.30 bits per heavy atom. The summed E-state index contributed by atoms with van der Waals surface area (Å²) in [6.45, 7) is 2.30. The topological polar surface area (TPSA) is 33.0 Å². The van der Waals surface area contributed by atoms with E-state index >= 15 is 0 Å². The largest absolute Gasteiger partial charge is 0.321 e. The lowest BCUT2D eigenvalue weighted by Crippen LogP contribution is -2.39. The first-order chi connectivity index (χ1) is 11.2. The fourth-order valence-electron chi connectivity index (χ4n) is 2.47. The van der Waals surface area contributed by atoms with Gasteiger partial charge in [0.05, 0.1) is 0 Å². The summed E-state index contributed by atoms with van der Waals surface area (Å²) in [5.41, 5.74) is 4.27. The summed E-state index contributed by atoms with van der Waals surface area (Å²) in [4.78, 5) is 12.1. The van der Waals surface area contributed by atoms with Crippen molar-refractivity contribution in [3.63, 3.8) is 0 Å². The number of carbonyl (C=O) groups is 1. The monoisotopic (exact) mass is 303 g/mol. The molecule has 0 bridgehead atoms. The van der Waals surface area contributed by atoms with Gasteiger partial charge in [0.1, 0.15) is 0 Å². The van der Waals surface area contributed by atoms with Crippen LogP contribution >= 0.6 is 0 Å². The molecule has 3 aromatic rings. The summed E-state index contributed by atoms with van der Waals surface area (Å²) in [6.07, 6.45) is 3.86. The van der Waals surface area contributed by atoms with Gasteiger partial charge in [-0.15, -0.1) is 0 Å². The van der Waals surface area contributed by atoms with E-state index in [-0.39, 0.29) is 5.91 Å². The number of anilines is 1. The van der Waals surface area contributed by atoms with Gasteiger partial charge in [-0.3, -0.25) is 4.79 Å². The van der Waals surface area contributed by atoms with Crippen LogP contribution in [0.5, 0.6) is 0 Å². The van der Waals surface area contributed by atoms with Crippen molar-refractivity contribution in [2.45, 2.75) is 13.5 Å². The van der Waals surface area contributed by atoms with E-state index in [2.05, 4.69) is 17.4 Å². The minimum atomic E-state index is -0.0342. The van der Waals surface area contributed by atoms with Crippen LogP contribution in [0.3, 0.4) is 0 Å². The van der Waals surface area contributed by atoms with Gasteiger partial charge in [-0.05, 0) is 35.7 Å². The fraction of sp³-hybridized carbons (Fsp3) is 0.100. The van der Waals surface area contributed by atoms with Crippen molar-refractivity contribution < 1.29 is 9.36 Å². The lowest BCUT2D eigenvalue weighted by atomic mass is 10.1. The van der Waals surface area contributed by atoms with Crippen molar-refractivity contribution in [2.24, 2.45) is 0 Å². The van der Waals surface area contributed by atoms with Gasteiger partial charge in [0.25, 0.3) is 5.91 Å². The van der Waals surface area contributed by atoms with E-state index in [0.29, 0.717) is 6.54 Å². The normalized spacial score (nSPS) is 10.3.